The number of rotatable bonds is 12. The summed E-state index contributed by atoms with van der Waals surface area (Å²) < 4.78 is 169. The Hall–Kier alpha value is -5.88. The second kappa shape index (κ2) is 34.6. The lowest BCUT2D eigenvalue weighted by molar-refractivity contribution is -0.120. The van der Waals surface area contributed by atoms with Gasteiger partial charge >= 0.3 is 0 Å². The second-order valence-electron chi connectivity index (χ2n) is 21.8. The molecule has 6 heterocycles. The maximum absolute atomic E-state index is 13.9. The quantitative estimate of drug-likeness (QED) is 0.0623. The van der Waals surface area contributed by atoms with E-state index in [1.54, 1.807) is 36.4 Å². The summed E-state index contributed by atoms with van der Waals surface area (Å²) in [7, 11) is -8.10. The van der Waals surface area contributed by atoms with Gasteiger partial charge in [0.2, 0.25) is 17.7 Å². The number of hydrogen-bond donors (Lipinski definition) is 6. The van der Waals surface area contributed by atoms with Crippen molar-refractivity contribution in [2.75, 3.05) is 37.1 Å². The lowest BCUT2D eigenvalue weighted by Gasteiger charge is -2.35. The summed E-state index contributed by atoms with van der Waals surface area (Å²) in [5, 5.41) is 8.53. The fourth-order valence-electron chi connectivity index (χ4n) is 9.91. The van der Waals surface area contributed by atoms with E-state index < -0.39 is 120 Å². The molecule has 12 rings (SSSR count). The van der Waals surface area contributed by atoms with E-state index in [2.05, 4.69) is 92.9 Å². The number of nitrogens with one attached hydrogen (secondary N) is 6. The van der Waals surface area contributed by atoms with Gasteiger partial charge < -0.3 is 16.0 Å². The van der Waals surface area contributed by atoms with Crippen molar-refractivity contribution in [3.63, 3.8) is 0 Å². The van der Waals surface area contributed by atoms with Crippen LogP contribution in [0.2, 0.25) is 15.1 Å². The average Bonchev–Trinajstić information content (AvgIpc) is 1.03. The van der Waals surface area contributed by atoms with E-state index in [4.69, 9.17) is 34.8 Å². The second-order valence-corrected chi connectivity index (χ2v) is 34.0. The predicted octanol–water partition coefficient (Wildman–Crippen LogP) is 16.1. The minimum absolute atomic E-state index is 0. The van der Waals surface area contributed by atoms with Gasteiger partial charge in [0.25, 0.3) is 30.6 Å². The first-order valence-corrected chi connectivity index (χ1v) is 38.7. The first-order chi connectivity index (χ1) is 46.6. The summed E-state index contributed by atoms with van der Waals surface area (Å²) in [6.07, 6.45) is 4.88. The van der Waals surface area contributed by atoms with E-state index in [1.165, 1.54) is 128 Å². The Morgan fingerprint density at radius 2 is 0.667 bits per heavy atom. The van der Waals surface area contributed by atoms with Gasteiger partial charge in [-0.1, -0.05) is 75.3 Å². The lowest BCUT2D eigenvalue weighted by atomic mass is 10.1. The summed E-state index contributed by atoms with van der Waals surface area (Å²) in [5.74, 6) is -4.99. The first-order valence-electron chi connectivity index (χ1n) is 28.4. The standard InChI is InChI=1S/3C20H16BrClF2N4O3S2.3CH4/c3*1-28-17(19(29)26-11-3-5-14(23)13(22)7-11)8-16(27-33(28,30)31)20-25-9-18(32-20)10-2-4-12(21)15(24)6-10;;;/h3*2-7,9,16-17,27H,8H2,1H3,(H,26,29);3*1H4/t2*16-,17+;;;;/m10..../s1. The van der Waals surface area contributed by atoms with Crippen LogP contribution in [0.5, 0.6) is 0 Å². The molecule has 6 atom stereocenters. The van der Waals surface area contributed by atoms with E-state index >= 15 is 0 Å². The number of carbonyl (C=O) groups excluding carboxylic acids is 3. The van der Waals surface area contributed by atoms with Gasteiger partial charge in [-0.2, -0.15) is 52.3 Å². The summed E-state index contributed by atoms with van der Waals surface area (Å²) in [5.41, 5.74) is 2.50. The molecule has 3 aromatic heterocycles. The van der Waals surface area contributed by atoms with E-state index in [9.17, 15) is 66.0 Å². The molecule has 3 fully saturated rings. The zero-order valence-electron chi connectivity index (χ0n) is 50.6. The molecule has 3 saturated heterocycles. The van der Waals surface area contributed by atoms with Crippen molar-refractivity contribution >= 4 is 182 Å². The van der Waals surface area contributed by atoms with Crippen LogP contribution in [0.15, 0.2) is 141 Å². The molecule has 3 amide bonds. The number of thiazole rings is 3. The highest BCUT2D eigenvalue weighted by Crippen LogP contribution is 2.40. The minimum atomic E-state index is -3.99. The first kappa shape index (κ1) is 83.4. The van der Waals surface area contributed by atoms with Crippen LogP contribution in [-0.2, 0) is 45.0 Å². The number of benzene rings is 6. The van der Waals surface area contributed by atoms with Crippen molar-refractivity contribution in [2.45, 2.75) is 77.8 Å². The molecular formula is C63H60Br3Cl3F6N12O9S6. The third-order valence-corrected chi connectivity index (χ3v) is 26.3. The average molecular weight is 1780 g/mol. The number of anilines is 3. The van der Waals surface area contributed by atoms with E-state index in [0.717, 1.165) is 31.1 Å². The van der Waals surface area contributed by atoms with Gasteiger partial charge in [0.15, 0.2) is 0 Å². The van der Waals surface area contributed by atoms with Crippen LogP contribution < -0.4 is 30.1 Å². The number of halogens is 12. The number of carbonyl (C=O) groups is 3. The largest absolute Gasteiger partial charge is 0.325 e. The van der Waals surface area contributed by atoms with Gasteiger partial charge in [0, 0.05) is 56.8 Å². The van der Waals surface area contributed by atoms with Crippen molar-refractivity contribution in [2.24, 2.45) is 0 Å². The van der Waals surface area contributed by atoms with Gasteiger partial charge in [-0.25, -0.2) is 41.3 Å². The minimum Gasteiger partial charge on any atom is -0.325 e. The van der Waals surface area contributed by atoms with Crippen LogP contribution in [0.3, 0.4) is 0 Å². The fourth-order valence-corrected chi connectivity index (χ4v) is 18.1. The van der Waals surface area contributed by atoms with Gasteiger partial charge in [-0.15, -0.1) is 34.0 Å². The van der Waals surface area contributed by atoms with Crippen LogP contribution >= 0.6 is 117 Å². The van der Waals surface area contributed by atoms with Crippen LogP contribution in [0.4, 0.5) is 43.4 Å². The van der Waals surface area contributed by atoms with Crippen molar-refractivity contribution < 1.29 is 66.0 Å². The van der Waals surface area contributed by atoms with E-state index in [-0.39, 0.29) is 73.7 Å². The van der Waals surface area contributed by atoms with Crippen LogP contribution in [0.25, 0.3) is 31.3 Å². The molecule has 0 bridgehead atoms. The Morgan fingerprint density at radius 3 is 0.892 bits per heavy atom. The van der Waals surface area contributed by atoms with E-state index in [1.807, 2.05) is 0 Å². The Balaban J connectivity index is 0.000000211. The smallest absolute Gasteiger partial charge is 0.280 e. The third kappa shape index (κ3) is 19.6. The van der Waals surface area contributed by atoms with Gasteiger partial charge in [-0.3, -0.25) is 14.4 Å². The van der Waals surface area contributed by atoms with Crippen LogP contribution in [0.1, 0.15) is 74.7 Å². The molecule has 3 aliphatic rings. The highest BCUT2D eigenvalue weighted by molar-refractivity contribution is 9.11. The van der Waals surface area contributed by atoms with Gasteiger partial charge in [-0.05, 0) is 175 Å². The molecule has 546 valence electrons. The SMILES string of the molecule is C.C.C.CN1C(C(=O)Nc2ccc(F)c(Cl)c2)CC(c2ncc(-c3ccc(Br)c(F)c3)s2)NS1(=O)=O.CN1[C@@H](C(=O)Nc2ccc(F)c(Cl)c2)C[C@@H](c2ncc(-c3ccc(Br)c(F)c3)s2)NS1(=O)=O.CN1[C@H](C(=O)Nc2ccc(F)c(Cl)c2)C[C@H](c2ncc(-c3ccc(Br)c(F)c3)s2)NS1(=O)=O. The fraction of sp³-hybridized carbons (Fsp3) is 0.238. The van der Waals surface area contributed by atoms with Crippen LogP contribution in [-0.4, -0.2) is 110 Å². The topological polar surface area (TPSA) is 274 Å². The Kier molecular flexibility index (Phi) is 28.3. The predicted molar refractivity (Wildman–Crippen MR) is 399 cm³/mol. The maximum Gasteiger partial charge on any atom is 0.280 e. The number of aromatic nitrogens is 3. The summed E-state index contributed by atoms with van der Waals surface area (Å²) in [4.78, 5) is 53.5. The molecule has 6 aromatic carbocycles. The molecular weight excluding hydrogens is 1720 g/mol. The zero-order valence-corrected chi connectivity index (χ0v) is 62.5. The molecule has 0 aliphatic carbocycles. The van der Waals surface area contributed by atoms with Gasteiger partial charge in [0.1, 0.15) is 68.1 Å². The molecule has 0 spiro atoms. The number of hydrogen-bond acceptors (Lipinski definition) is 15. The van der Waals surface area contributed by atoms with Crippen molar-refractivity contribution in [3.05, 3.63) is 206 Å². The Bertz CT molecular complexity index is 4500. The summed E-state index contributed by atoms with van der Waals surface area (Å²) in [6, 6.07) is 19.5. The van der Waals surface area contributed by atoms with Crippen LogP contribution in [0, 0.1) is 34.9 Å². The van der Waals surface area contributed by atoms with Crippen molar-refractivity contribution in [1.82, 2.24) is 42.0 Å². The highest BCUT2D eigenvalue weighted by Gasteiger charge is 2.45. The number of nitrogens with zero attached hydrogens (tertiary/aromatic N) is 6. The summed E-state index contributed by atoms with van der Waals surface area (Å²) in [6.45, 7) is 0. The molecule has 0 radical (unpaired) electrons. The molecule has 3 aliphatic heterocycles. The van der Waals surface area contributed by atoms with Gasteiger partial charge in [0.05, 0.1) is 61.2 Å². The monoisotopic (exact) mass is 1780 g/mol. The van der Waals surface area contributed by atoms with Crippen molar-refractivity contribution in [3.8, 4) is 31.3 Å². The molecule has 9 aromatic rings. The number of likely N-dealkylation sites (N-methyl/N-ethyl adjacent to an activating group) is 3. The van der Waals surface area contributed by atoms with E-state index in [0.29, 0.717) is 59.8 Å². The number of amides is 3. The Labute approximate surface area is 636 Å². The maximum atomic E-state index is 13.9. The Morgan fingerprint density at radius 1 is 0.422 bits per heavy atom. The molecule has 0 saturated carbocycles. The lowest BCUT2D eigenvalue weighted by Crippen LogP contribution is -2.55. The summed E-state index contributed by atoms with van der Waals surface area (Å²) >= 11 is 30.2. The molecule has 6 N–H and O–H groups in total. The molecule has 39 heteroatoms. The third-order valence-electron chi connectivity index (χ3n) is 15.3. The normalized spacial score (nSPS) is 19.9. The highest BCUT2D eigenvalue weighted by atomic mass is 79.9. The van der Waals surface area contributed by atoms with Crippen molar-refractivity contribution in [1.29, 1.82) is 0 Å². The molecule has 102 heavy (non-hydrogen) atoms. The molecule has 2 unspecified atom stereocenters. The molecule has 21 nitrogen and oxygen atoms in total. The zero-order chi connectivity index (χ0) is 71.7.